The van der Waals surface area contributed by atoms with Crippen LogP contribution in [-0.4, -0.2) is 27.3 Å². The summed E-state index contributed by atoms with van der Waals surface area (Å²) in [6.07, 6.45) is 8.00. The zero-order chi connectivity index (χ0) is 11.4. The van der Waals surface area contributed by atoms with Crippen molar-refractivity contribution in [3.05, 3.63) is 18.0 Å². The Labute approximate surface area is 102 Å². The molecule has 1 N–H and O–H groups in total. The van der Waals surface area contributed by atoms with E-state index < -0.39 is 0 Å². The molecular formula is C12H21N3S. The molecule has 4 heteroatoms. The summed E-state index contributed by atoms with van der Waals surface area (Å²) in [4.78, 5) is 0. The predicted molar refractivity (Wildman–Crippen MR) is 69.7 cm³/mol. The third kappa shape index (κ3) is 2.80. The minimum Gasteiger partial charge on any atom is -0.310 e. The van der Waals surface area contributed by atoms with Crippen LogP contribution in [-0.2, 0) is 13.1 Å². The van der Waals surface area contributed by atoms with Gasteiger partial charge in [-0.3, -0.25) is 4.68 Å². The van der Waals surface area contributed by atoms with Crippen LogP contribution in [0.1, 0.15) is 31.9 Å². The molecule has 0 saturated heterocycles. The third-order valence-electron chi connectivity index (χ3n) is 3.23. The molecule has 2 rings (SSSR count). The second-order valence-electron chi connectivity index (χ2n) is 4.54. The highest BCUT2D eigenvalue weighted by molar-refractivity contribution is 8.00. The van der Waals surface area contributed by atoms with Crippen molar-refractivity contribution >= 4 is 11.8 Å². The SMILES string of the molecule is CCCn1nccc1CNCC1(SC)CC1. The molecule has 1 saturated carbocycles. The van der Waals surface area contributed by atoms with E-state index in [0.29, 0.717) is 4.75 Å². The van der Waals surface area contributed by atoms with E-state index in [2.05, 4.69) is 34.3 Å². The smallest absolute Gasteiger partial charge is 0.0522 e. The van der Waals surface area contributed by atoms with Gasteiger partial charge in [-0.05, 0) is 31.6 Å². The molecule has 0 amide bonds. The Kier molecular flexibility index (Phi) is 3.92. The van der Waals surface area contributed by atoms with E-state index in [1.165, 1.54) is 18.5 Å². The molecule has 0 aromatic carbocycles. The van der Waals surface area contributed by atoms with Gasteiger partial charge in [-0.2, -0.15) is 16.9 Å². The van der Waals surface area contributed by atoms with Gasteiger partial charge in [0.05, 0.1) is 5.69 Å². The molecule has 1 heterocycles. The topological polar surface area (TPSA) is 29.9 Å². The second kappa shape index (κ2) is 5.23. The monoisotopic (exact) mass is 239 g/mol. The molecule has 1 aliphatic carbocycles. The highest BCUT2D eigenvalue weighted by Crippen LogP contribution is 2.46. The quantitative estimate of drug-likeness (QED) is 0.791. The van der Waals surface area contributed by atoms with Gasteiger partial charge in [0, 0.05) is 30.6 Å². The first-order chi connectivity index (χ1) is 7.79. The molecular weight excluding hydrogens is 218 g/mol. The van der Waals surface area contributed by atoms with Crippen LogP contribution in [0.15, 0.2) is 12.3 Å². The Morgan fingerprint density at radius 3 is 3.00 bits per heavy atom. The standard InChI is InChI=1S/C12H21N3S/c1-3-8-15-11(4-7-14-15)9-13-10-12(16-2)5-6-12/h4,7,13H,3,5-6,8-10H2,1-2H3. The van der Waals surface area contributed by atoms with Gasteiger partial charge in [0.2, 0.25) is 0 Å². The first-order valence-corrected chi connectivity index (χ1v) is 7.29. The zero-order valence-electron chi connectivity index (χ0n) is 10.2. The van der Waals surface area contributed by atoms with Gasteiger partial charge in [-0.25, -0.2) is 0 Å². The summed E-state index contributed by atoms with van der Waals surface area (Å²) in [6.45, 7) is 5.29. The van der Waals surface area contributed by atoms with Crippen molar-refractivity contribution in [2.45, 2.75) is 44.0 Å². The number of nitrogens with zero attached hydrogens (tertiary/aromatic N) is 2. The maximum atomic E-state index is 4.33. The van der Waals surface area contributed by atoms with Crippen molar-refractivity contribution in [3.63, 3.8) is 0 Å². The molecule has 1 aromatic heterocycles. The number of thioether (sulfide) groups is 1. The maximum absolute atomic E-state index is 4.33. The molecule has 0 unspecified atom stereocenters. The number of aromatic nitrogens is 2. The van der Waals surface area contributed by atoms with Crippen LogP contribution >= 0.6 is 11.8 Å². The summed E-state index contributed by atoms with van der Waals surface area (Å²) >= 11 is 2.00. The van der Waals surface area contributed by atoms with Gasteiger partial charge in [0.25, 0.3) is 0 Å². The van der Waals surface area contributed by atoms with E-state index >= 15 is 0 Å². The minimum absolute atomic E-state index is 0.551. The van der Waals surface area contributed by atoms with Crippen LogP contribution in [0.2, 0.25) is 0 Å². The summed E-state index contributed by atoms with van der Waals surface area (Å²) in [7, 11) is 0. The van der Waals surface area contributed by atoms with Gasteiger partial charge in [-0.15, -0.1) is 0 Å². The maximum Gasteiger partial charge on any atom is 0.0522 e. The fourth-order valence-electron chi connectivity index (χ4n) is 1.93. The molecule has 90 valence electrons. The Hall–Kier alpha value is -0.480. The first kappa shape index (κ1) is 12.0. The minimum atomic E-state index is 0.551. The Morgan fingerprint density at radius 2 is 2.38 bits per heavy atom. The molecule has 1 aromatic rings. The largest absolute Gasteiger partial charge is 0.310 e. The molecule has 0 spiro atoms. The van der Waals surface area contributed by atoms with Crippen molar-refractivity contribution in [1.82, 2.24) is 15.1 Å². The van der Waals surface area contributed by atoms with E-state index in [1.54, 1.807) is 0 Å². The van der Waals surface area contributed by atoms with Crippen molar-refractivity contribution in [2.75, 3.05) is 12.8 Å². The van der Waals surface area contributed by atoms with Crippen molar-refractivity contribution in [1.29, 1.82) is 0 Å². The lowest BCUT2D eigenvalue weighted by atomic mass is 10.3. The van der Waals surface area contributed by atoms with E-state index in [0.717, 1.165) is 26.1 Å². The summed E-state index contributed by atoms with van der Waals surface area (Å²) in [5.41, 5.74) is 1.30. The van der Waals surface area contributed by atoms with Gasteiger partial charge in [-0.1, -0.05) is 6.92 Å². The predicted octanol–water partition coefficient (Wildman–Crippen LogP) is 2.28. The second-order valence-corrected chi connectivity index (χ2v) is 5.81. The van der Waals surface area contributed by atoms with Crippen LogP contribution in [0.4, 0.5) is 0 Å². The van der Waals surface area contributed by atoms with Gasteiger partial charge in [0.15, 0.2) is 0 Å². The lowest BCUT2D eigenvalue weighted by molar-refractivity contribution is 0.547. The first-order valence-electron chi connectivity index (χ1n) is 6.06. The van der Waals surface area contributed by atoms with E-state index in [1.807, 2.05) is 18.0 Å². The highest BCUT2D eigenvalue weighted by Gasteiger charge is 2.41. The summed E-state index contributed by atoms with van der Waals surface area (Å²) in [5, 5.41) is 7.89. The number of hydrogen-bond acceptors (Lipinski definition) is 3. The van der Waals surface area contributed by atoms with Gasteiger partial charge in [0.1, 0.15) is 0 Å². The lowest BCUT2D eigenvalue weighted by Crippen LogP contribution is -2.26. The fraction of sp³-hybridized carbons (Fsp3) is 0.750. The molecule has 16 heavy (non-hydrogen) atoms. The number of hydrogen-bond donors (Lipinski definition) is 1. The van der Waals surface area contributed by atoms with Crippen LogP contribution in [0.25, 0.3) is 0 Å². The fourth-order valence-corrected chi connectivity index (χ4v) is 2.69. The molecule has 1 aliphatic rings. The number of aryl methyl sites for hydroxylation is 1. The normalized spacial score (nSPS) is 17.6. The van der Waals surface area contributed by atoms with Gasteiger partial charge >= 0.3 is 0 Å². The molecule has 0 radical (unpaired) electrons. The van der Waals surface area contributed by atoms with Crippen LogP contribution in [0.3, 0.4) is 0 Å². The lowest BCUT2D eigenvalue weighted by Gasteiger charge is -2.13. The molecule has 3 nitrogen and oxygen atoms in total. The Morgan fingerprint density at radius 1 is 1.56 bits per heavy atom. The average molecular weight is 239 g/mol. The summed E-state index contributed by atoms with van der Waals surface area (Å²) in [5.74, 6) is 0. The zero-order valence-corrected chi connectivity index (χ0v) is 11.0. The van der Waals surface area contributed by atoms with Crippen LogP contribution < -0.4 is 5.32 Å². The molecule has 0 atom stereocenters. The molecule has 1 fully saturated rings. The van der Waals surface area contributed by atoms with Crippen LogP contribution in [0.5, 0.6) is 0 Å². The van der Waals surface area contributed by atoms with Crippen molar-refractivity contribution in [3.8, 4) is 0 Å². The highest BCUT2D eigenvalue weighted by atomic mass is 32.2. The summed E-state index contributed by atoms with van der Waals surface area (Å²) < 4.78 is 2.65. The van der Waals surface area contributed by atoms with E-state index in [9.17, 15) is 0 Å². The van der Waals surface area contributed by atoms with Crippen molar-refractivity contribution in [2.24, 2.45) is 0 Å². The number of nitrogens with one attached hydrogen (secondary N) is 1. The molecule has 0 bridgehead atoms. The summed E-state index contributed by atoms with van der Waals surface area (Å²) in [6, 6.07) is 2.11. The average Bonchev–Trinajstić information content (AvgIpc) is 2.95. The Balaban J connectivity index is 1.78. The van der Waals surface area contributed by atoms with Gasteiger partial charge < -0.3 is 5.32 Å². The number of rotatable bonds is 7. The molecule has 0 aliphatic heterocycles. The van der Waals surface area contributed by atoms with E-state index in [4.69, 9.17) is 0 Å². The van der Waals surface area contributed by atoms with Crippen LogP contribution in [0, 0.1) is 0 Å². The van der Waals surface area contributed by atoms with Crippen molar-refractivity contribution < 1.29 is 0 Å². The Bertz CT molecular complexity index is 331. The third-order valence-corrected chi connectivity index (χ3v) is 4.65. The van der Waals surface area contributed by atoms with E-state index in [-0.39, 0.29) is 0 Å².